The topological polar surface area (TPSA) is 121 Å². The molecule has 0 radical (unpaired) electrons. The van der Waals surface area contributed by atoms with Crippen LogP contribution in [-0.4, -0.2) is 61.8 Å². The van der Waals surface area contributed by atoms with Crippen molar-refractivity contribution >= 4 is 45.1 Å². The molecule has 1 aliphatic rings. The highest BCUT2D eigenvalue weighted by atomic mass is 35.5. The van der Waals surface area contributed by atoms with Crippen LogP contribution >= 0.6 is 11.6 Å². The minimum absolute atomic E-state index is 0.0776. The zero-order valence-electron chi connectivity index (χ0n) is 17.5. The Bertz CT molecular complexity index is 1100. The molecule has 11 heteroatoms. The molecule has 32 heavy (non-hydrogen) atoms. The summed E-state index contributed by atoms with van der Waals surface area (Å²) in [5, 5.41) is 5.78. The predicted octanol–water partition coefficient (Wildman–Crippen LogP) is 2.30. The number of amidine groups is 1. The second-order valence-corrected chi connectivity index (χ2v) is 9.42. The Morgan fingerprint density at radius 3 is 2.34 bits per heavy atom. The van der Waals surface area contributed by atoms with Gasteiger partial charge in [0.25, 0.3) is 15.9 Å². The largest absolute Gasteiger partial charge is 0.355 e. The van der Waals surface area contributed by atoms with Crippen LogP contribution in [0.5, 0.6) is 0 Å². The van der Waals surface area contributed by atoms with E-state index in [-0.39, 0.29) is 24.8 Å². The lowest BCUT2D eigenvalue weighted by molar-refractivity contribution is -0.116. The second kappa shape index (κ2) is 10.6. The highest BCUT2D eigenvalue weighted by molar-refractivity contribution is 7.89. The molecular weight excluding hydrogens is 454 g/mol. The number of halogens is 1. The first-order valence-corrected chi connectivity index (χ1v) is 12.3. The molecule has 1 fully saturated rings. The lowest BCUT2D eigenvalue weighted by Crippen LogP contribution is -2.30. The Labute approximate surface area is 191 Å². The zero-order chi connectivity index (χ0) is 23.1. The molecule has 0 spiro atoms. The SMILES string of the molecule is CS(=O)(=O)/N=C(/c1ccc(C(=O)NCCC(=O)Nc2ccc(Cl)cn2)cc1)N1CCCC1. The number of anilines is 1. The van der Waals surface area contributed by atoms with Crippen molar-refractivity contribution in [3.63, 3.8) is 0 Å². The molecule has 1 aromatic carbocycles. The fourth-order valence-corrected chi connectivity index (χ4v) is 3.84. The van der Waals surface area contributed by atoms with Crippen molar-refractivity contribution in [3.8, 4) is 0 Å². The number of nitrogens with one attached hydrogen (secondary N) is 2. The molecule has 0 saturated carbocycles. The number of nitrogens with zero attached hydrogens (tertiary/aromatic N) is 3. The van der Waals surface area contributed by atoms with Crippen molar-refractivity contribution in [2.45, 2.75) is 19.3 Å². The van der Waals surface area contributed by atoms with Crippen LogP contribution in [0.1, 0.15) is 35.2 Å². The van der Waals surface area contributed by atoms with E-state index in [9.17, 15) is 18.0 Å². The van der Waals surface area contributed by atoms with Crippen molar-refractivity contribution in [1.29, 1.82) is 0 Å². The average Bonchev–Trinajstić information content (AvgIpc) is 3.28. The Morgan fingerprint density at radius 2 is 1.75 bits per heavy atom. The first-order chi connectivity index (χ1) is 15.2. The third-order valence-corrected chi connectivity index (χ3v) is 5.42. The molecule has 0 bridgehead atoms. The van der Waals surface area contributed by atoms with Crippen LogP contribution in [0.3, 0.4) is 0 Å². The molecule has 0 aliphatic carbocycles. The van der Waals surface area contributed by atoms with E-state index in [4.69, 9.17) is 11.6 Å². The number of carbonyl (C=O) groups is 2. The van der Waals surface area contributed by atoms with Crippen LogP contribution in [0.4, 0.5) is 5.82 Å². The van der Waals surface area contributed by atoms with E-state index in [1.807, 2.05) is 4.90 Å². The maximum atomic E-state index is 12.4. The van der Waals surface area contributed by atoms with Gasteiger partial charge in [-0.2, -0.15) is 0 Å². The van der Waals surface area contributed by atoms with E-state index in [1.54, 1.807) is 36.4 Å². The van der Waals surface area contributed by atoms with E-state index < -0.39 is 10.0 Å². The summed E-state index contributed by atoms with van der Waals surface area (Å²) in [5.74, 6) is 0.148. The molecule has 9 nitrogen and oxygen atoms in total. The number of hydrogen-bond acceptors (Lipinski definition) is 5. The predicted molar refractivity (Wildman–Crippen MR) is 123 cm³/mol. The van der Waals surface area contributed by atoms with Gasteiger partial charge in [0, 0.05) is 43.4 Å². The first kappa shape index (κ1) is 23.7. The molecule has 2 aromatic rings. The van der Waals surface area contributed by atoms with Gasteiger partial charge in [-0.05, 0) is 37.1 Å². The van der Waals surface area contributed by atoms with Gasteiger partial charge in [-0.15, -0.1) is 4.40 Å². The lowest BCUT2D eigenvalue weighted by atomic mass is 10.1. The third-order valence-electron chi connectivity index (χ3n) is 4.70. The van der Waals surface area contributed by atoms with Crippen LogP contribution in [0.25, 0.3) is 0 Å². The zero-order valence-corrected chi connectivity index (χ0v) is 19.1. The van der Waals surface area contributed by atoms with E-state index in [2.05, 4.69) is 20.0 Å². The molecule has 1 saturated heterocycles. The summed E-state index contributed by atoms with van der Waals surface area (Å²) in [7, 11) is -3.56. The summed E-state index contributed by atoms with van der Waals surface area (Å²) >= 11 is 5.75. The molecule has 1 aliphatic heterocycles. The van der Waals surface area contributed by atoms with Gasteiger partial charge in [0.2, 0.25) is 5.91 Å². The normalized spacial score (nSPS) is 14.3. The Morgan fingerprint density at radius 1 is 1.09 bits per heavy atom. The molecule has 0 unspecified atom stereocenters. The smallest absolute Gasteiger partial charge is 0.252 e. The molecular formula is C21H24ClN5O4S. The second-order valence-electron chi connectivity index (χ2n) is 7.34. The van der Waals surface area contributed by atoms with Gasteiger partial charge in [0.05, 0.1) is 11.3 Å². The van der Waals surface area contributed by atoms with Crippen molar-refractivity contribution < 1.29 is 18.0 Å². The molecule has 0 atom stereocenters. The van der Waals surface area contributed by atoms with Gasteiger partial charge in [-0.1, -0.05) is 23.7 Å². The Kier molecular flexibility index (Phi) is 7.81. The molecule has 1 aromatic heterocycles. The summed E-state index contributed by atoms with van der Waals surface area (Å²) in [6.45, 7) is 1.63. The number of sulfonamides is 1. The molecule has 3 rings (SSSR count). The van der Waals surface area contributed by atoms with Crippen molar-refractivity contribution in [2.75, 3.05) is 31.2 Å². The first-order valence-electron chi connectivity index (χ1n) is 10.1. The number of hydrogen-bond donors (Lipinski definition) is 2. The number of pyridine rings is 1. The highest BCUT2D eigenvalue weighted by Gasteiger charge is 2.20. The van der Waals surface area contributed by atoms with E-state index in [0.29, 0.717) is 27.8 Å². The minimum Gasteiger partial charge on any atom is -0.355 e. The number of likely N-dealkylation sites (tertiary alicyclic amines) is 1. The van der Waals surface area contributed by atoms with Gasteiger partial charge < -0.3 is 15.5 Å². The van der Waals surface area contributed by atoms with Gasteiger partial charge in [-0.25, -0.2) is 13.4 Å². The standard InChI is InChI=1S/C21H24ClN5O4S/c1-32(30,31)26-20(27-12-2-3-13-27)15-4-6-16(7-5-15)21(29)23-11-10-19(28)25-18-9-8-17(22)14-24-18/h4-9,14H,2-3,10-13H2,1H3,(H,23,29)(H,24,25,28)/b26-20-. The lowest BCUT2D eigenvalue weighted by Gasteiger charge is -2.20. The molecule has 2 N–H and O–H groups in total. The van der Waals surface area contributed by atoms with Gasteiger partial charge in [0.15, 0.2) is 0 Å². The van der Waals surface area contributed by atoms with Gasteiger partial charge >= 0.3 is 0 Å². The summed E-state index contributed by atoms with van der Waals surface area (Å²) in [4.78, 5) is 30.3. The third kappa shape index (κ3) is 7.03. The molecule has 2 amide bonds. The maximum Gasteiger partial charge on any atom is 0.252 e. The molecule has 2 heterocycles. The number of aromatic nitrogens is 1. The Hall–Kier alpha value is -2.98. The van der Waals surface area contributed by atoms with Crippen molar-refractivity contribution in [3.05, 3.63) is 58.7 Å². The summed E-state index contributed by atoms with van der Waals surface area (Å²) in [6, 6.07) is 9.77. The fraction of sp³-hybridized carbons (Fsp3) is 0.333. The fourth-order valence-electron chi connectivity index (χ4n) is 3.20. The molecule has 170 valence electrons. The van der Waals surface area contributed by atoms with Gasteiger partial charge in [0.1, 0.15) is 11.7 Å². The monoisotopic (exact) mass is 477 g/mol. The van der Waals surface area contributed by atoms with Crippen molar-refractivity contribution in [1.82, 2.24) is 15.2 Å². The van der Waals surface area contributed by atoms with E-state index in [0.717, 1.165) is 32.2 Å². The number of amides is 2. The highest BCUT2D eigenvalue weighted by Crippen LogP contribution is 2.16. The Balaban J connectivity index is 1.56. The summed E-state index contributed by atoms with van der Waals surface area (Å²) < 4.78 is 27.4. The van der Waals surface area contributed by atoms with Gasteiger partial charge in [-0.3, -0.25) is 9.59 Å². The van der Waals surface area contributed by atoms with Crippen LogP contribution in [0.2, 0.25) is 5.02 Å². The van der Waals surface area contributed by atoms with Crippen LogP contribution in [0.15, 0.2) is 47.0 Å². The van der Waals surface area contributed by atoms with Crippen LogP contribution in [0, 0.1) is 0 Å². The van der Waals surface area contributed by atoms with E-state index >= 15 is 0 Å². The average molecular weight is 478 g/mol. The number of benzene rings is 1. The van der Waals surface area contributed by atoms with Crippen molar-refractivity contribution in [2.24, 2.45) is 4.40 Å². The minimum atomic E-state index is -3.56. The quantitative estimate of drug-likeness (QED) is 0.466. The maximum absolute atomic E-state index is 12.4. The van der Waals surface area contributed by atoms with Crippen LogP contribution in [-0.2, 0) is 14.8 Å². The van der Waals surface area contributed by atoms with E-state index in [1.165, 1.54) is 6.20 Å². The summed E-state index contributed by atoms with van der Waals surface area (Å²) in [6.07, 6.45) is 4.52. The number of rotatable bonds is 7. The summed E-state index contributed by atoms with van der Waals surface area (Å²) in [5.41, 5.74) is 1.03. The number of carbonyl (C=O) groups excluding carboxylic acids is 2. The van der Waals surface area contributed by atoms with Crippen LogP contribution < -0.4 is 10.6 Å².